The molecule has 0 heterocycles. The van der Waals surface area contributed by atoms with Crippen molar-refractivity contribution in [3.05, 3.63) is 35.9 Å². The van der Waals surface area contributed by atoms with Crippen molar-refractivity contribution in [2.45, 2.75) is 64.3 Å². The van der Waals surface area contributed by atoms with Gasteiger partial charge in [0.15, 0.2) is 0 Å². The maximum absolute atomic E-state index is 12.6. The van der Waals surface area contributed by atoms with Gasteiger partial charge in [0.25, 0.3) is 0 Å². The monoisotopic (exact) mass is 297 g/mol. The lowest BCUT2D eigenvalue weighted by Crippen LogP contribution is -2.65. The van der Waals surface area contributed by atoms with Crippen molar-refractivity contribution >= 4 is 5.91 Å². The molecule has 2 unspecified atom stereocenters. The van der Waals surface area contributed by atoms with Gasteiger partial charge in [0.2, 0.25) is 5.91 Å². The van der Waals surface area contributed by atoms with Crippen LogP contribution in [0.25, 0.3) is 0 Å². The van der Waals surface area contributed by atoms with E-state index in [9.17, 15) is 4.79 Å². The van der Waals surface area contributed by atoms with Crippen LogP contribution in [0, 0.1) is 16.7 Å². The Morgan fingerprint density at radius 1 is 1.05 bits per heavy atom. The van der Waals surface area contributed by atoms with Crippen LogP contribution < -0.4 is 5.32 Å². The Labute approximate surface area is 133 Å². The first-order chi connectivity index (χ1) is 10.4. The van der Waals surface area contributed by atoms with Gasteiger partial charge in [-0.1, -0.05) is 44.2 Å². The molecule has 4 aliphatic carbocycles. The molecular weight excluding hydrogens is 270 g/mol. The molecule has 0 aliphatic heterocycles. The minimum atomic E-state index is 0.0782. The van der Waals surface area contributed by atoms with E-state index in [1.807, 2.05) is 30.3 Å². The van der Waals surface area contributed by atoms with Gasteiger partial charge in [-0.25, -0.2) is 0 Å². The van der Waals surface area contributed by atoms with Gasteiger partial charge in [-0.15, -0.1) is 0 Å². The number of rotatable bonds is 3. The van der Waals surface area contributed by atoms with E-state index in [-0.39, 0.29) is 11.4 Å². The second-order valence-corrected chi connectivity index (χ2v) is 9.12. The van der Waals surface area contributed by atoms with Gasteiger partial charge in [0.1, 0.15) is 0 Å². The molecule has 2 heteroatoms. The molecule has 1 aromatic rings. The zero-order valence-electron chi connectivity index (χ0n) is 13.8. The van der Waals surface area contributed by atoms with Crippen molar-refractivity contribution in [3.8, 4) is 0 Å². The van der Waals surface area contributed by atoms with E-state index in [1.54, 1.807) is 0 Å². The predicted molar refractivity (Wildman–Crippen MR) is 88.4 cm³/mol. The van der Waals surface area contributed by atoms with E-state index in [1.165, 1.54) is 38.5 Å². The summed E-state index contributed by atoms with van der Waals surface area (Å²) >= 11 is 0. The second-order valence-electron chi connectivity index (χ2n) is 9.12. The van der Waals surface area contributed by atoms with Crippen LogP contribution in [-0.2, 0) is 11.2 Å². The number of hydrogen-bond acceptors (Lipinski definition) is 1. The van der Waals surface area contributed by atoms with E-state index in [2.05, 4.69) is 19.2 Å². The van der Waals surface area contributed by atoms with Gasteiger partial charge in [0.05, 0.1) is 6.42 Å². The van der Waals surface area contributed by atoms with Crippen LogP contribution in [0.2, 0.25) is 0 Å². The number of carbonyl (C=O) groups excluding carboxylic acids is 1. The van der Waals surface area contributed by atoms with Crippen LogP contribution in [0.1, 0.15) is 57.9 Å². The highest BCUT2D eigenvalue weighted by molar-refractivity contribution is 5.79. The summed E-state index contributed by atoms with van der Waals surface area (Å²) in [5.41, 5.74) is 2.10. The van der Waals surface area contributed by atoms with E-state index in [4.69, 9.17) is 0 Å². The Hall–Kier alpha value is -1.31. The number of carbonyl (C=O) groups is 1. The predicted octanol–water partition coefficient (Wildman–Crippen LogP) is 4.09. The fourth-order valence-electron chi connectivity index (χ4n) is 6.71. The zero-order chi connectivity index (χ0) is 15.4. The average molecular weight is 297 g/mol. The normalized spacial score (nSPS) is 42.4. The summed E-state index contributed by atoms with van der Waals surface area (Å²) in [6.07, 6.45) is 8.20. The molecule has 0 saturated heterocycles. The van der Waals surface area contributed by atoms with Crippen LogP contribution in [0.4, 0.5) is 0 Å². The maximum Gasteiger partial charge on any atom is 0.224 e. The summed E-state index contributed by atoms with van der Waals surface area (Å²) in [5, 5.41) is 3.48. The highest BCUT2D eigenvalue weighted by atomic mass is 16.1. The third kappa shape index (κ3) is 2.47. The largest absolute Gasteiger partial charge is 0.350 e. The molecule has 0 aromatic heterocycles. The maximum atomic E-state index is 12.6. The van der Waals surface area contributed by atoms with Crippen LogP contribution in [0.5, 0.6) is 0 Å². The molecule has 4 aliphatic rings. The summed E-state index contributed by atoms with van der Waals surface area (Å²) in [7, 11) is 0. The Balaban J connectivity index is 1.51. The SMILES string of the molecule is CC12CC3CC(C)(C1)CC(NC(=O)Cc1ccccc1)(C3)C2. The molecule has 1 amide bonds. The van der Waals surface area contributed by atoms with E-state index in [0.29, 0.717) is 17.3 Å². The first-order valence-electron chi connectivity index (χ1n) is 8.73. The van der Waals surface area contributed by atoms with Crippen LogP contribution in [0.3, 0.4) is 0 Å². The Morgan fingerprint density at radius 3 is 2.27 bits per heavy atom. The summed E-state index contributed by atoms with van der Waals surface area (Å²) in [5.74, 6) is 1.03. The summed E-state index contributed by atoms with van der Waals surface area (Å²) in [6.45, 7) is 4.90. The highest BCUT2D eigenvalue weighted by Gasteiger charge is 2.60. The molecule has 2 atom stereocenters. The molecule has 4 bridgehead atoms. The molecule has 0 spiro atoms. The van der Waals surface area contributed by atoms with Crippen molar-refractivity contribution in [2.75, 3.05) is 0 Å². The molecule has 0 radical (unpaired) electrons. The minimum Gasteiger partial charge on any atom is -0.350 e. The molecule has 1 aromatic carbocycles. The van der Waals surface area contributed by atoms with E-state index < -0.39 is 0 Å². The number of hydrogen-bond donors (Lipinski definition) is 1. The molecule has 2 nitrogen and oxygen atoms in total. The fourth-order valence-corrected chi connectivity index (χ4v) is 6.71. The third-order valence-electron chi connectivity index (χ3n) is 6.24. The zero-order valence-corrected chi connectivity index (χ0v) is 13.8. The van der Waals surface area contributed by atoms with Gasteiger partial charge in [0, 0.05) is 5.54 Å². The fraction of sp³-hybridized carbons (Fsp3) is 0.650. The standard InChI is InChI=1S/C20H27NO/c1-18-9-16-10-19(2,12-18)14-20(11-16,13-18)21-17(22)8-15-6-4-3-5-7-15/h3-7,16H,8-14H2,1-2H3,(H,21,22). The summed E-state index contributed by atoms with van der Waals surface area (Å²) < 4.78 is 0. The number of amides is 1. The molecular formula is C20H27NO. The van der Waals surface area contributed by atoms with Gasteiger partial charge < -0.3 is 5.32 Å². The van der Waals surface area contributed by atoms with Crippen molar-refractivity contribution in [1.29, 1.82) is 0 Å². The van der Waals surface area contributed by atoms with E-state index in [0.717, 1.165) is 11.5 Å². The first-order valence-corrected chi connectivity index (χ1v) is 8.73. The van der Waals surface area contributed by atoms with Crippen molar-refractivity contribution in [2.24, 2.45) is 16.7 Å². The topological polar surface area (TPSA) is 29.1 Å². The molecule has 118 valence electrons. The number of benzene rings is 1. The molecule has 22 heavy (non-hydrogen) atoms. The van der Waals surface area contributed by atoms with Crippen LogP contribution in [0.15, 0.2) is 30.3 Å². The number of nitrogens with one attached hydrogen (secondary N) is 1. The van der Waals surface area contributed by atoms with Gasteiger partial charge >= 0.3 is 0 Å². The third-order valence-corrected chi connectivity index (χ3v) is 6.24. The lowest BCUT2D eigenvalue weighted by molar-refractivity contribution is -0.139. The van der Waals surface area contributed by atoms with Crippen molar-refractivity contribution < 1.29 is 4.79 Å². The Kier molecular flexibility index (Phi) is 2.99. The Bertz CT molecular complexity index is 575. The van der Waals surface area contributed by atoms with Gasteiger partial charge in [-0.05, 0) is 60.8 Å². The lowest BCUT2D eigenvalue weighted by Gasteiger charge is -2.65. The average Bonchev–Trinajstić information content (AvgIpc) is 2.34. The summed E-state index contributed by atoms with van der Waals surface area (Å²) in [4.78, 5) is 12.6. The Morgan fingerprint density at radius 2 is 1.68 bits per heavy atom. The van der Waals surface area contributed by atoms with Crippen LogP contribution in [-0.4, -0.2) is 11.4 Å². The highest BCUT2D eigenvalue weighted by Crippen LogP contribution is 2.66. The molecule has 4 saturated carbocycles. The van der Waals surface area contributed by atoms with Crippen molar-refractivity contribution in [1.82, 2.24) is 5.32 Å². The second kappa shape index (κ2) is 4.59. The molecule has 1 N–H and O–H groups in total. The smallest absolute Gasteiger partial charge is 0.224 e. The van der Waals surface area contributed by atoms with Crippen LogP contribution >= 0.6 is 0 Å². The first kappa shape index (κ1) is 14.3. The summed E-state index contributed by atoms with van der Waals surface area (Å²) in [6, 6.07) is 10.1. The van der Waals surface area contributed by atoms with Crippen molar-refractivity contribution in [3.63, 3.8) is 0 Å². The van der Waals surface area contributed by atoms with E-state index >= 15 is 0 Å². The molecule has 4 fully saturated rings. The van der Waals surface area contributed by atoms with Gasteiger partial charge in [-0.3, -0.25) is 4.79 Å². The quantitative estimate of drug-likeness (QED) is 0.894. The minimum absolute atomic E-state index is 0.0782. The molecule has 5 rings (SSSR count). The van der Waals surface area contributed by atoms with Gasteiger partial charge in [-0.2, -0.15) is 0 Å². The lowest BCUT2D eigenvalue weighted by atomic mass is 9.43.